The highest BCUT2D eigenvalue weighted by atomic mass is 79.9. The molecule has 106 valence electrons. The third-order valence-electron chi connectivity index (χ3n) is 2.79. The zero-order valence-corrected chi connectivity index (χ0v) is 14.0. The van der Waals surface area contributed by atoms with E-state index in [-0.39, 0.29) is 5.41 Å². The Bertz CT molecular complexity index is 644. The van der Waals surface area contributed by atoms with Crippen LogP contribution < -0.4 is 0 Å². The predicted molar refractivity (Wildman–Crippen MR) is 84.7 cm³/mol. The molecule has 1 heterocycles. The highest BCUT2D eigenvalue weighted by Gasteiger charge is 2.24. The number of nitrogens with zero attached hydrogens (tertiary/aromatic N) is 1. The van der Waals surface area contributed by atoms with Gasteiger partial charge in [0.05, 0.1) is 10.7 Å². The maximum absolute atomic E-state index is 11.4. The largest absolute Gasteiger partial charge is 0.477 e. The number of hydrogen-bond acceptors (Lipinski definition) is 3. The van der Waals surface area contributed by atoms with Crippen molar-refractivity contribution in [2.24, 2.45) is 0 Å². The van der Waals surface area contributed by atoms with Crippen molar-refractivity contribution in [3.05, 3.63) is 49.9 Å². The molecule has 0 amide bonds. The zero-order valence-electron chi connectivity index (χ0n) is 11.6. The predicted octanol–water partition coefficient (Wildman–Crippen LogP) is 4.49. The number of thiazole rings is 1. The van der Waals surface area contributed by atoms with Gasteiger partial charge in [-0.25, -0.2) is 9.78 Å². The summed E-state index contributed by atoms with van der Waals surface area (Å²) in [7, 11) is 0. The Labute approximate surface area is 130 Å². The summed E-state index contributed by atoms with van der Waals surface area (Å²) in [6.45, 7) is 6.13. The van der Waals surface area contributed by atoms with Crippen LogP contribution >= 0.6 is 27.3 Å². The molecule has 20 heavy (non-hydrogen) atoms. The molecule has 0 atom stereocenters. The molecule has 0 bridgehead atoms. The van der Waals surface area contributed by atoms with Gasteiger partial charge in [-0.05, 0) is 17.7 Å². The van der Waals surface area contributed by atoms with E-state index >= 15 is 0 Å². The standard InChI is InChI=1S/C15H16BrNO2S/c1-15(2,3)14-17-11(12(20-14)13(18)19)8-9-5-4-6-10(16)7-9/h4-7H,8H2,1-3H3,(H,18,19). The Balaban J connectivity index is 2.40. The van der Waals surface area contributed by atoms with E-state index in [1.54, 1.807) is 0 Å². The summed E-state index contributed by atoms with van der Waals surface area (Å²) in [5.74, 6) is -0.900. The molecule has 0 unspecified atom stereocenters. The smallest absolute Gasteiger partial charge is 0.347 e. The number of aromatic nitrogens is 1. The number of carboxylic acid groups (broad SMARTS) is 1. The van der Waals surface area contributed by atoms with Crippen LogP contribution in [-0.2, 0) is 11.8 Å². The molecule has 2 rings (SSSR count). The van der Waals surface area contributed by atoms with Crippen molar-refractivity contribution in [2.75, 3.05) is 0 Å². The maximum Gasteiger partial charge on any atom is 0.347 e. The van der Waals surface area contributed by atoms with Crippen molar-refractivity contribution in [3.8, 4) is 0 Å². The minimum absolute atomic E-state index is 0.135. The van der Waals surface area contributed by atoms with E-state index in [0.717, 1.165) is 15.0 Å². The molecule has 0 aliphatic rings. The molecule has 0 fully saturated rings. The summed E-state index contributed by atoms with van der Waals surface area (Å²) in [6.07, 6.45) is 0.535. The number of aromatic carboxylic acids is 1. The summed E-state index contributed by atoms with van der Waals surface area (Å²) in [6, 6.07) is 7.86. The van der Waals surface area contributed by atoms with Crippen LogP contribution in [0.1, 0.15) is 46.7 Å². The maximum atomic E-state index is 11.4. The second-order valence-electron chi connectivity index (χ2n) is 5.66. The molecule has 1 aromatic heterocycles. The van der Waals surface area contributed by atoms with Crippen LogP contribution in [0.2, 0.25) is 0 Å². The first kappa shape index (κ1) is 15.2. The summed E-state index contributed by atoms with van der Waals surface area (Å²) in [5, 5.41) is 10.2. The van der Waals surface area contributed by atoms with Crippen LogP contribution in [-0.4, -0.2) is 16.1 Å². The van der Waals surface area contributed by atoms with Crippen molar-refractivity contribution in [2.45, 2.75) is 32.6 Å². The van der Waals surface area contributed by atoms with Crippen molar-refractivity contribution >= 4 is 33.2 Å². The summed E-state index contributed by atoms with van der Waals surface area (Å²) in [5.41, 5.74) is 1.56. The number of benzene rings is 1. The van der Waals surface area contributed by atoms with Gasteiger partial charge in [0.15, 0.2) is 0 Å². The Morgan fingerprint density at radius 3 is 2.65 bits per heavy atom. The molecule has 0 saturated heterocycles. The summed E-state index contributed by atoms with van der Waals surface area (Å²) in [4.78, 5) is 16.3. The van der Waals surface area contributed by atoms with Crippen molar-refractivity contribution in [3.63, 3.8) is 0 Å². The van der Waals surface area contributed by atoms with Crippen LogP contribution in [0.3, 0.4) is 0 Å². The van der Waals surface area contributed by atoms with Crippen molar-refractivity contribution in [1.29, 1.82) is 0 Å². The molecule has 5 heteroatoms. The third-order valence-corrected chi connectivity index (χ3v) is 4.80. The van der Waals surface area contributed by atoms with Gasteiger partial charge in [-0.3, -0.25) is 0 Å². The monoisotopic (exact) mass is 353 g/mol. The highest BCUT2D eigenvalue weighted by Crippen LogP contribution is 2.30. The molecule has 0 aliphatic heterocycles. The Morgan fingerprint density at radius 1 is 1.40 bits per heavy atom. The van der Waals surface area contributed by atoms with E-state index in [2.05, 4.69) is 20.9 Å². The number of rotatable bonds is 3. The number of carbonyl (C=O) groups is 1. The Hall–Kier alpha value is -1.20. The van der Waals surface area contributed by atoms with E-state index < -0.39 is 5.97 Å². The van der Waals surface area contributed by atoms with Gasteiger partial charge in [0.25, 0.3) is 0 Å². The van der Waals surface area contributed by atoms with E-state index in [1.807, 2.05) is 45.0 Å². The van der Waals surface area contributed by atoms with Gasteiger partial charge in [-0.2, -0.15) is 0 Å². The van der Waals surface area contributed by atoms with E-state index in [9.17, 15) is 9.90 Å². The number of carboxylic acids is 1. The first-order chi connectivity index (χ1) is 9.27. The van der Waals surface area contributed by atoms with E-state index in [0.29, 0.717) is 17.0 Å². The molecule has 0 spiro atoms. The highest BCUT2D eigenvalue weighted by molar-refractivity contribution is 9.10. The molecule has 3 nitrogen and oxygen atoms in total. The second-order valence-corrected chi connectivity index (χ2v) is 7.57. The van der Waals surface area contributed by atoms with Crippen molar-refractivity contribution < 1.29 is 9.90 Å². The lowest BCUT2D eigenvalue weighted by Crippen LogP contribution is -2.10. The first-order valence-corrected chi connectivity index (χ1v) is 7.86. The van der Waals surface area contributed by atoms with Gasteiger partial charge >= 0.3 is 5.97 Å². The van der Waals surface area contributed by atoms with Gasteiger partial charge in [-0.1, -0.05) is 48.8 Å². The third kappa shape index (κ3) is 3.46. The van der Waals surface area contributed by atoms with Gasteiger partial charge in [-0.15, -0.1) is 11.3 Å². The fraction of sp³-hybridized carbons (Fsp3) is 0.333. The van der Waals surface area contributed by atoms with E-state index in [1.165, 1.54) is 11.3 Å². The van der Waals surface area contributed by atoms with Gasteiger partial charge in [0.2, 0.25) is 0 Å². The lowest BCUT2D eigenvalue weighted by Gasteiger charge is -2.13. The molecular weight excluding hydrogens is 338 g/mol. The quantitative estimate of drug-likeness (QED) is 0.883. The SMILES string of the molecule is CC(C)(C)c1nc(Cc2cccc(Br)c2)c(C(=O)O)s1. The molecular formula is C15H16BrNO2S. The van der Waals surface area contributed by atoms with Crippen LogP contribution in [0.25, 0.3) is 0 Å². The Kier molecular flexibility index (Phi) is 4.30. The topological polar surface area (TPSA) is 50.2 Å². The molecule has 2 aromatic rings. The average molecular weight is 354 g/mol. The van der Waals surface area contributed by atoms with Gasteiger partial charge in [0, 0.05) is 16.3 Å². The molecule has 0 saturated carbocycles. The van der Waals surface area contributed by atoms with E-state index in [4.69, 9.17) is 0 Å². The minimum atomic E-state index is -0.900. The summed E-state index contributed by atoms with van der Waals surface area (Å²) < 4.78 is 0.984. The molecule has 0 aliphatic carbocycles. The Morgan fingerprint density at radius 2 is 2.10 bits per heavy atom. The van der Waals surface area contributed by atoms with Gasteiger partial charge in [0.1, 0.15) is 4.88 Å². The number of halogens is 1. The fourth-order valence-electron chi connectivity index (χ4n) is 1.80. The zero-order chi connectivity index (χ0) is 14.9. The summed E-state index contributed by atoms with van der Waals surface area (Å²) >= 11 is 4.70. The second kappa shape index (κ2) is 5.66. The lowest BCUT2D eigenvalue weighted by molar-refractivity contribution is 0.0701. The molecule has 1 aromatic carbocycles. The van der Waals surface area contributed by atoms with Crippen molar-refractivity contribution in [1.82, 2.24) is 4.98 Å². The lowest BCUT2D eigenvalue weighted by atomic mass is 9.98. The normalized spacial score (nSPS) is 11.6. The van der Waals surface area contributed by atoms with Crippen LogP contribution in [0, 0.1) is 0 Å². The van der Waals surface area contributed by atoms with Crippen LogP contribution in [0.15, 0.2) is 28.7 Å². The fourth-order valence-corrected chi connectivity index (χ4v) is 3.22. The molecule has 0 radical (unpaired) electrons. The molecule has 1 N–H and O–H groups in total. The number of hydrogen-bond donors (Lipinski definition) is 1. The first-order valence-electron chi connectivity index (χ1n) is 6.25. The van der Waals surface area contributed by atoms with Gasteiger partial charge < -0.3 is 5.11 Å². The van der Waals surface area contributed by atoms with Crippen LogP contribution in [0.5, 0.6) is 0 Å². The van der Waals surface area contributed by atoms with Crippen LogP contribution in [0.4, 0.5) is 0 Å². The average Bonchev–Trinajstić information content (AvgIpc) is 2.72. The minimum Gasteiger partial charge on any atom is -0.477 e.